The Kier molecular flexibility index (Phi) is 6.59. The van der Waals surface area contributed by atoms with Crippen LogP contribution < -0.4 is 0 Å². The number of hydrogen-bond acceptors (Lipinski definition) is 4. The first-order chi connectivity index (χ1) is 11.1. The van der Waals surface area contributed by atoms with E-state index in [-0.39, 0.29) is 5.91 Å². The monoisotopic (exact) mass is 319 g/mol. The molecule has 0 spiro atoms. The van der Waals surface area contributed by atoms with Gasteiger partial charge in [-0.25, -0.2) is 4.79 Å². The number of likely N-dealkylation sites (tertiary alicyclic amines) is 1. The number of methoxy groups -OCH3 is 1. The Bertz CT molecular complexity index is 536. The maximum Gasteiger partial charge on any atom is 0.338 e. The number of amides is 1. The Hall–Kier alpha value is -1.88. The zero-order chi connectivity index (χ0) is 16.7. The summed E-state index contributed by atoms with van der Waals surface area (Å²) in [6, 6.07) is 7.08. The van der Waals surface area contributed by atoms with Crippen LogP contribution in [0, 0.1) is 0 Å². The molecule has 1 aromatic carbocycles. The van der Waals surface area contributed by atoms with Gasteiger partial charge in [0.1, 0.15) is 0 Å². The standard InChI is InChI=1S/C18H25NO4/c1-14(17(20)19-10-5-3-4-6-11-19)23-18(21)16-9-7-8-15(12-16)13-22-2/h7-9,12,14H,3-6,10-11,13H2,1-2H3. The van der Waals surface area contributed by atoms with Crippen molar-refractivity contribution in [2.75, 3.05) is 20.2 Å². The largest absolute Gasteiger partial charge is 0.449 e. The van der Waals surface area contributed by atoms with Gasteiger partial charge < -0.3 is 14.4 Å². The maximum atomic E-state index is 12.4. The van der Waals surface area contributed by atoms with Gasteiger partial charge in [-0.3, -0.25) is 4.79 Å². The van der Waals surface area contributed by atoms with E-state index in [1.54, 1.807) is 32.2 Å². The number of benzene rings is 1. The summed E-state index contributed by atoms with van der Waals surface area (Å²) in [4.78, 5) is 26.5. The third kappa shape index (κ3) is 5.06. The lowest BCUT2D eigenvalue weighted by Gasteiger charge is -2.24. The minimum atomic E-state index is -0.758. The lowest BCUT2D eigenvalue weighted by atomic mass is 10.1. The van der Waals surface area contributed by atoms with Crippen LogP contribution in [0.15, 0.2) is 24.3 Å². The van der Waals surface area contributed by atoms with Crippen molar-refractivity contribution in [2.24, 2.45) is 0 Å². The van der Waals surface area contributed by atoms with E-state index in [1.165, 1.54) is 0 Å². The third-order valence-electron chi connectivity index (χ3n) is 4.02. The molecule has 1 aliphatic heterocycles. The molecule has 1 aliphatic rings. The summed E-state index contributed by atoms with van der Waals surface area (Å²) in [5.74, 6) is -0.577. The molecular weight excluding hydrogens is 294 g/mol. The van der Waals surface area contributed by atoms with Crippen LogP contribution in [0.3, 0.4) is 0 Å². The molecule has 0 N–H and O–H groups in total. The van der Waals surface area contributed by atoms with E-state index < -0.39 is 12.1 Å². The van der Waals surface area contributed by atoms with E-state index in [0.717, 1.165) is 44.3 Å². The van der Waals surface area contributed by atoms with Gasteiger partial charge in [0.25, 0.3) is 5.91 Å². The highest BCUT2D eigenvalue weighted by atomic mass is 16.5. The molecule has 0 radical (unpaired) electrons. The van der Waals surface area contributed by atoms with Crippen LogP contribution in [0.5, 0.6) is 0 Å². The van der Waals surface area contributed by atoms with Gasteiger partial charge in [0.2, 0.25) is 0 Å². The molecule has 1 atom stereocenters. The normalized spacial score (nSPS) is 16.5. The zero-order valence-electron chi connectivity index (χ0n) is 13.9. The third-order valence-corrected chi connectivity index (χ3v) is 4.02. The van der Waals surface area contributed by atoms with Crippen molar-refractivity contribution in [2.45, 2.75) is 45.3 Å². The van der Waals surface area contributed by atoms with Gasteiger partial charge in [-0.05, 0) is 37.5 Å². The highest BCUT2D eigenvalue weighted by Gasteiger charge is 2.24. The second kappa shape index (κ2) is 8.67. The quantitative estimate of drug-likeness (QED) is 0.783. The van der Waals surface area contributed by atoms with Crippen molar-refractivity contribution in [3.05, 3.63) is 35.4 Å². The molecule has 0 saturated carbocycles. The molecule has 1 heterocycles. The van der Waals surface area contributed by atoms with E-state index in [9.17, 15) is 9.59 Å². The van der Waals surface area contributed by atoms with Crippen LogP contribution in [-0.4, -0.2) is 43.1 Å². The van der Waals surface area contributed by atoms with Crippen molar-refractivity contribution in [3.8, 4) is 0 Å². The van der Waals surface area contributed by atoms with E-state index in [0.29, 0.717) is 12.2 Å². The summed E-state index contributed by atoms with van der Waals surface area (Å²) in [7, 11) is 1.60. The zero-order valence-corrected chi connectivity index (χ0v) is 13.9. The van der Waals surface area contributed by atoms with Crippen LogP contribution in [0.1, 0.15) is 48.5 Å². The Morgan fingerprint density at radius 2 is 1.87 bits per heavy atom. The van der Waals surface area contributed by atoms with Crippen LogP contribution in [0.2, 0.25) is 0 Å². The summed E-state index contributed by atoms with van der Waals surface area (Å²) in [6.45, 7) is 3.58. The van der Waals surface area contributed by atoms with Crippen molar-refractivity contribution >= 4 is 11.9 Å². The van der Waals surface area contributed by atoms with Crippen LogP contribution in [-0.2, 0) is 20.9 Å². The fourth-order valence-corrected chi connectivity index (χ4v) is 2.78. The number of hydrogen-bond donors (Lipinski definition) is 0. The summed E-state index contributed by atoms with van der Waals surface area (Å²) in [5, 5.41) is 0. The topological polar surface area (TPSA) is 55.8 Å². The first-order valence-corrected chi connectivity index (χ1v) is 8.19. The van der Waals surface area contributed by atoms with Crippen molar-refractivity contribution in [3.63, 3.8) is 0 Å². The van der Waals surface area contributed by atoms with E-state index in [4.69, 9.17) is 9.47 Å². The lowest BCUT2D eigenvalue weighted by molar-refractivity contribution is -0.139. The summed E-state index contributed by atoms with van der Waals surface area (Å²) < 4.78 is 10.4. The van der Waals surface area contributed by atoms with Gasteiger partial charge in [0, 0.05) is 20.2 Å². The molecule has 1 amide bonds. The van der Waals surface area contributed by atoms with E-state index in [2.05, 4.69) is 0 Å². The first kappa shape index (κ1) is 17.5. The van der Waals surface area contributed by atoms with Crippen molar-refractivity contribution in [1.82, 2.24) is 4.90 Å². The van der Waals surface area contributed by atoms with Gasteiger partial charge >= 0.3 is 5.97 Å². The molecule has 5 nitrogen and oxygen atoms in total. The molecule has 5 heteroatoms. The fourth-order valence-electron chi connectivity index (χ4n) is 2.78. The number of rotatable bonds is 5. The molecule has 1 saturated heterocycles. The van der Waals surface area contributed by atoms with Gasteiger partial charge in [-0.15, -0.1) is 0 Å². The number of carbonyl (C=O) groups is 2. The second-order valence-electron chi connectivity index (χ2n) is 5.92. The molecule has 1 unspecified atom stereocenters. The molecule has 1 fully saturated rings. The van der Waals surface area contributed by atoms with E-state index in [1.807, 2.05) is 11.0 Å². The molecular formula is C18H25NO4. The van der Waals surface area contributed by atoms with Crippen LogP contribution in [0.4, 0.5) is 0 Å². The predicted molar refractivity (Wildman–Crippen MR) is 87.1 cm³/mol. The maximum absolute atomic E-state index is 12.4. The van der Waals surface area contributed by atoms with Gasteiger partial charge in [0.15, 0.2) is 6.10 Å². The number of ether oxygens (including phenoxy) is 2. The minimum absolute atomic E-state index is 0.103. The Balaban J connectivity index is 1.95. The summed E-state index contributed by atoms with van der Waals surface area (Å²) >= 11 is 0. The molecule has 0 aliphatic carbocycles. The Morgan fingerprint density at radius 1 is 1.17 bits per heavy atom. The van der Waals surface area contributed by atoms with Crippen molar-refractivity contribution in [1.29, 1.82) is 0 Å². The molecule has 1 aromatic rings. The molecule has 0 bridgehead atoms. The van der Waals surface area contributed by atoms with Crippen LogP contribution in [0.25, 0.3) is 0 Å². The molecule has 23 heavy (non-hydrogen) atoms. The van der Waals surface area contributed by atoms with Crippen molar-refractivity contribution < 1.29 is 19.1 Å². The first-order valence-electron chi connectivity index (χ1n) is 8.19. The molecule has 2 rings (SSSR count). The SMILES string of the molecule is COCc1cccc(C(=O)OC(C)C(=O)N2CCCCCC2)c1. The number of esters is 1. The van der Waals surface area contributed by atoms with Crippen LogP contribution >= 0.6 is 0 Å². The van der Waals surface area contributed by atoms with Gasteiger partial charge in [-0.1, -0.05) is 25.0 Å². The predicted octanol–water partition coefficient (Wildman–Crippen LogP) is 2.78. The van der Waals surface area contributed by atoms with E-state index >= 15 is 0 Å². The minimum Gasteiger partial charge on any atom is -0.449 e. The second-order valence-corrected chi connectivity index (χ2v) is 5.92. The van der Waals surface area contributed by atoms with Gasteiger partial charge in [-0.2, -0.15) is 0 Å². The van der Waals surface area contributed by atoms with Gasteiger partial charge in [0.05, 0.1) is 12.2 Å². The number of carbonyl (C=O) groups excluding carboxylic acids is 2. The average molecular weight is 319 g/mol. The smallest absolute Gasteiger partial charge is 0.338 e. The number of nitrogens with zero attached hydrogens (tertiary/aromatic N) is 1. The molecule has 0 aromatic heterocycles. The highest BCUT2D eigenvalue weighted by Crippen LogP contribution is 2.13. The fraction of sp³-hybridized carbons (Fsp3) is 0.556. The highest BCUT2D eigenvalue weighted by molar-refractivity contribution is 5.92. The summed E-state index contributed by atoms with van der Waals surface area (Å²) in [5.41, 5.74) is 1.34. The Morgan fingerprint density at radius 3 is 2.52 bits per heavy atom. The molecule has 126 valence electrons. The lowest BCUT2D eigenvalue weighted by Crippen LogP contribution is -2.40. The summed E-state index contributed by atoms with van der Waals surface area (Å²) in [6.07, 6.45) is 3.59. The average Bonchev–Trinajstić information content (AvgIpc) is 2.84. The Labute approximate surface area is 137 Å².